The molecule has 1 spiro atoms. The van der Waals surface area contributed by atoms with Gasteiger partial charge in [-0.3, -0.25) is 0 Å². The Labute approximate surface area is 98.0 Å². The highest BCUT2D eigenvalue weighted by Gasteiger charge is 2.52. The third-order valence-electron chi connectivity index (χ3n) is 4.77. The maximum absolute atomic E-state index is 5.76. The van der Waals surface area contributed by atoms with Gasteiger partial charge in [-0.15, -0.1) is 0 Å². The van der Waals surface area contributed by atoms with Crippen LogP contribution in [-0.4, -0.2) is 6.54 Å². The van der Waals surface area contributed by atoms with Crippen LogP contribution >= 0.6 is 0 Å². The minimum absolute atomic E-state index is 0.541. The second kappa shape index (κ2) is 3.59. The Morgan fingerprint density at radius 1 is 1.38 bits per heavy atom. The average molecular weight is 215 g/mol. The Morgan fingerprint density at radius 2 is 2.19 bits per heavy atom. The summed E-state index contributed by atoms with van der Waals surface area (Å²) in [6.45, 7) is 3.12. The van der Waals surface area contributed by atoms with E-state index in [4.69, 9.17) is 5.73 Å². The van der Waals surface area contributed by atoms with Crippen LogP contribution in [0.3, 0.4) is 0 Å². The summed E-state index contributed by atoms with van der Waals surface area (Å²) in [5.74, 6) is 0.854. The molecule has 3 rings (SSSR count). The Balaban J connectivity index is 2.03. The zero-order valence-electron chi connectivity index (χ0n) is 10.1. The van der Waals surface area contributed by atoms with E-state index in [9.17, 15) is 0 Å². The number of hydrogen-bond donors (Lipinski definition) is 1. The highest BCUT2D eigenvalue weighted by molar-refractivity contribution is 5.45. The van der Waals surface area contributed by atoms with Crippen molar-refractivity contribution in [3.8, 4) is 0 Å². The first-order valence-electron chi connectivity index (χ1n) is 6.57. The molecule has 0 heterocycles. The summed E-state index contributed by atoms with van der Waals surface area (Å²) in [6, 6.07) is 6.87. The van der Waals surface area contributed by atoms with Crippen molar-refractivity contribution in [2.24, 2.45) is 11.7 Å². The van der Waals surface area contributed by atoms with Gasteiger partial charge in [-0.1, -0.05) is 18.2 Å². The first kappa shape index (κ1) is 10.3. The predicted octanol–water partition coefficient (Wildman–Crippen LogP) is 2.94. The van der Waals surface area contributed by atoms with E-state index in [0.29, 0.717) is 5.41 Å². The van der Waals surface area contributed by atoms with Gasteiger partial charge in [-0.25, -0.2) is 0 Å². The molecule has 1 atom stereocenters. The van der Waals surface area contributed by atoms with E-state index in [1.807, 2.05) is 0 Å². The first-order valence-corrected chi connectivity index (χ1v) is 6.57. The van der Waals surface area contributed by atoms with Crippen molar-refractivity contribution in [3.05, 3.63) is 34.9 Å². The van der Waals surface area contributed by atoms with Crippen LogP contribution in [0, 0.1) is 12.8 Å². The maximum atomic E-state index is 5.76. The van der Waals surface area contributed by atoms with Crippen LogP contribution in [0.25, 0.3) is 0 Å². The van der Waals surface area contributed by atoms with Crippen molar-refractivity contribution < 1.29 is 0 Å². The van der Waals surface area contributed by atoms with Crippen LogP contribution in [-0.2, 0) is 11.8 Å². The molecule has 1 nitrogen and oxygen atoms in total. The van der Waals surface area contributed by atoms with Gasteiger partial charge >= 0.3 is 0 Å². The Morgan fingerprint density at radius 3 is 2.88 bits per heavy atom. The molecule has 1 fully saturated rings. The fourth-order valence-corrected chi connectivity index (χ4v) is 3.75. The predicted molar refractivity (Wildman–Crippen MR) is 67.6 cm³/mol. The van der Waals surface area contributed by atoms with Gasteiger partial charge in [0.25, 0.3) is 0 Å². The molecule has 2 N–H and O–H groups in total. The minimum Gasteiger partial charge on any atom is -0.330 e. The zero-order chi connectivity index (χ0) is 11.2. The Bertz CT molecular complexity index is 404. The molecule has 1 aromatic rings. The van der Waals surface area contributed by atoms with Crippen LogP contribution in [0.5, 0.6) is 0 Å². The molecule has 1 saturated carbocycles. The molecule has 0 bridgehead atoms. The molecule has 2 aliphatic carbocycles. The van der Waals surface area contributed by atoms with E-state index in [-0.39, 0.29) is 0 Å². The lowest BCUT2D eigenvalue weighted by Crippen LogP contribution is -2.29. The van der Waals surface area contributed by atoms with Gasteiger partial charge in [0.05, 0.1) is 0 Å². The molecule has 1 heteroatoms. The highest BCUT2D eigenvalue weighted by Crippen LogP contribution is 2.59. The van der Waals surface area contributed by atoms with Gasteiger partial charge in [0.1, 0.15) is 0 Å². The molecule has 1 unspecified atom stereocenters. The SMILES string of the molecule is Cc1cccc2c1CCC(CCN)C21CC1. The van der Waals surface area contributed by atoms with Crippen LogP contribution in [0.1, 0.15) is 42.4 Å². The quantitative estimate of drug-likeness (QED) is 0.806. The standard InChI is InChI=1S/C15H21N/c1-11-3-2-4-14-13(11)6-5-12(7-10-16)15(14)8-9-15/h2-4,12H,5-10,16H2,1H3. The number of nitrogens with two attached hydrogens (primary N) is 1. The first-order chi connectivity index (χ1) is 7.78. The minimum atomic E-state index is 0.541. The Kier molecular flexibility index (Phi) is 2.32. The van der Waals surface area contributed by atoms with Crippen LogP contribution in [0.2, 0.25) is 0 Å². The van der Waals surface area contributed by atoms with E-state index in [1.54, 1.807) is 11.1 Å². The molecule has 0 radical (unpaired) electrons. The molecule has 0 saturated heterocycles. The molecular formula is C15H21N. The zero-order valence-corrected chi connectivity index (χ0v) is 10.1. The fraction of sp³-hybridized carbons (Fsp3) is 0.600. The molecule has 16 heavy (non-hydrogen) atoms. The third kappa shape index (κ3) is 1.34. The monoisotopic (exact) mass is 215 g/mol. The summed E-state index contributed by atoms with van der Waals surface area (Å²) < 4.78 is 0. The van der Waals surface area contributed by atoms with E-state index in [1.165, 1.54) is 37.7 Å². The molecule has 2 aliphatic rings. The smallest absolute Gasteiger partial charge is 0.00147 e. The number of aryl methyl sites for hydroxylation is 1. The summed E-state index contributed by atoms with van der Waals surface area (Å²) in [5, 5.41) is 0. The van der Waals surface area contributed by atoms with Crippen molar-refractivity contribution >= 4 is 0 Å². The summed E-state index contributed by atoms with van der Waals surface area (Å²) in [5.41, 5.74) is 11.1. The molecular weight excluding hydrogens is 194 g/mol. The van der Waals surface area contributed by atoms with Gasteiger partial charge < -0.3 is 5.73 Å². The van der Waals surface area contributed by atoms with Crippen LogP contribution < -0.4 is 5.73 Å². The van der Waals surface area contributed by atoms with E-state index >= 15 is 0 Å². The van der Waals surface area contributed by atoms with Gasteiger partial charge in [0.2, 0.25) is 0 Å². The van der Waals surface area contributed by atoms with Gasteiger partial charge in [0.15, 0.2) is 0 Å². The summed E-state index contributed by atoms with van der Waals surface area (Å²) in [7, 11) is 0. The third-order valence-corrected chi connectivity index (χ3v) is 4.77. The number of benzene rings is 1. The maximum Gasteiger partial charge on any atom is -0.00147 e. The number of rotatable bonds is 2. The lowest BCUT2D eigenvalue weighted by molar-refractivity contribution is 0.334. The average Bonchev–Trinajstić information content (AvgIpc) is 3.05. The molecule has 1 aromatic carbocycles. The van der Waals surface area contributed by atoms with E-state index in [2.05, 4.69) is 25.1 Å². The highest BCUT2D eigenvalue weighted by atomic mass is 14.6. The molecule has 0 aliphatic heterocycles. The summed E-state index contributed by atoms with van der Waals surface area (Å²) >= 11 is 0. The van der Waals surface area contributed by atoms with Crippen molar-refractivity contribution in [1.82, 2.24) is 0 Å². The van der Waals surface area contributed by atoms with Crippen molar-refractivity contribution in [2.45, 2.75) is 44.4 Å². The van der Waals surface area contributed by atoms with Crippen molar-refractivity contribution in [1.29, 1.82) is 0 Å². The van der Waals surface area contributed by atoms with Gasteiger partial charge in [-0.05, 0) is 73.6 Å². The number of fused-ring (bicyclic) bond motifs is 2. The number of hydrogen-bond acceptors (Lipinski definition) is 1. The Hall–Kier alpha value is -0.820. The van der Waals surface area contributed by atoms with Crippen LogP contribution in [0.4, 0.5) is 0 Å². The van der Waals surface area contributed by atoms with E-state index in [0.717, 1.165) is 12.5 Å². The normalized spacial score (nSPS) is 25.5. The molecule has 0 aromatic heterocycles. The second-order valence-electron chi connectivity index (χ2n) is 5.57. The van der Waals surface area contributed by atoms with Crippen molar-refractivity contribution in [3.63, 3.8) is 0 Å². The summed E-state index contributed by atoms with van der Waals surface area (Å²) in [6.07, 6.45) is 6.64. The van der Waals surface area contributed by atoms with Crippen molar-refractivity contribution in [2.75, 3.05) is 6.54 Å². The van der Waals surface area contributed by atoms with E-state index < -0.39 is 0 Å². The lowest BCUT2D eigenvalue weighted by atomic mass is 9.70. The molecule has 0 amide bonds. The van der Waals surface area contributed by atoms with Gasteiger partial charge in [0, 0.05) is 0 Å². The topological polar surface area (TPSA) is 26.0 Å². The summed E-state index contributed by atoms with van der Waals surface area (Å²) in [4.78, 5) is 0. The molecule has 86 valence electrons. The second-order valence-corrected chi connectivity index (χ2v) is 5.57. The largest absolute Gasteiger partial charge is 0.330 e. The van der Waals surface area contributed by atoms with Crippen LogP contribution in [0.15, 0.2) is 18.2 Å². The van der Waals surface area contributed by atoms with Gasteiger partial charge in [-0.2, -0.15) is 0 Å². The lowest BCUT2D eigenvalue weighted by Gasteiger charge is -2.35. The fourth-order valence-electron chi connectivity index (χ4n) is 3.75.